The number of likely N-dealkylation sites (N-methyl/N-ethyl adjacent to an activating group) is 1. The average Bonchev–Trinajstić information content (AvgIpc) is 2.22. The molecule has 0 saturated carbocycles. The lowest BCUT2D eigenvalue weighted by atomic mass is 10.4. The molecule has 0 aromatic carbocycles. The number of carbonyl (C=O) groups is 2. The maximum atomic E-state index is 11.6. The monoisotopic (exact) mass is 265 g/mol. The summed E-state index contributed by atoms with van der Waals surface area (Å²) in [7, 11) is -3.16. The zero-order chi connectivity index (χ0) is 13.5. The van der Waals surface area contributed by atoms with Crippen molar-refractivity contribution in [3.63, 3.8) is 0 Å². The predicted octanol–water partition coefficient (Wildman–Crippen LogP) is -0.167. The molecule has 0 bridgehead atoms. The van der Waals surface area contributed by atoms with Crippen LogP contribution in [0.1, 0.15) is 20.3 Å². The first kappa shape index (κ1) is 15.9. The van der Waals surface area contributed by atoms with Crippen molar-refractivity contribution in [3.8, 4) is 0 Å². The van der Waals surface area contributed by atoms with Crippen LogP contribution in [0.25, 0.3) is 0 Å². The van der Waals surface area contributed by atoms with E-state index >= 15 is 0 Å². The number of carbonyl (C=O) groups excluding carboxylic acids is 2. The lowest BCUT2D eigenvalue weighted by molar-refractivity contribution is -0.148. The summed E-state index contributed by atoms with van der Waals surface area (Å²) in [6.07, 6.45) is 0.966. The number of hydrogen-bond acceptors (Lipinski definition) is 5. The molecule has 0 aromatic rings. The molecule has 7 heteroatoms. The average molecular weight is 265 g/mol. The minimum Gasteiger partial charge on any atom is -0.465 e. The van der Waals surface area contributed by atoms with Crippen LogP contribution in [0.2, 0.25) is 0 Å². The quantitative estimate of drug-likeness (QED) is 0.597. The number of rotatable bonds is 7. The van der Waals surface area contributed by atoms with Gasteiger partial charge >= 0.3 is 5.97 Å². The van der Waals surface area contributed by atoms with E-state index in [4.69, 9.17) is 4.74 Å². The smallest absolute Gasteiger partial charge is 0.325 e. The third kappa shape index (κ3) is 7.73. The van der Waals surface area contributed by atoms with Crippen LogP contribution in [0, 0.1) is 0 Å². The van der Waals surface area contributed by atoms with Gasteiger partial charge in [-0.25, -0.2) is 8.42 Å². The number of sulfone groups is 1. The molecule has 0 radical (unpaired) electrons. The third-order valence-electron chi connectivity index (χ3n) is 2.05. The van der Waals surface area contributed by atoms with Crippen molar-refractivity contribution in [3.05, 3.63) is 0 Å². The Bertz CT molecular complexity index is 363. The molecule has 0 heterocycles. The number of ether oxygens (including phenoxy) is 1. The summed E-state index contributed by atoms with van der Waals surface area (Å²) in [4.78, 5) is 24.1. The Kier molecular flexibility index (Phi) is 6.79. The van der Waals surface area contributed by atoms with Crippen LogP contribution in [0.3, 0.4) is 0 Å². The fourth-order valence-electron chi connectivity index (χ4n) is 1.17. The molecule has 1 amide bonds. The molecule has 0 spiro atoms. The van der Waals surface area contributed by atoms with Crippen molar-refractivity contribution in [2.75, 3.05) is 31.7 Å². The van der Waals surface area contributed by atoms with Gasteiger partial charge in [0.25, 0.3) is 0 Å². The third-order valence-corrected chi connectivity index (χ3v) is 2.99. The number of hydrogen-bond donors (Lipinski definition) is 0. The highest BCUT2D eigenvalue weighted by Gasteiger charge is 2.17. The molecule has 0 rings (SSSR count). The second-order valence-corrected chi connectivity index (χ2v) is 5.85. The van der Waals surface area contributed by atoms with E-state index in [2.05, 4.69) is 0 Å². The molecule has 0 aliphatic rings. The molecule has 0 aliphatic heterocycles. The van der Waals surface area contributed by atoms with Crippen molar-refractivity contribution in [1.82, 2.24) is 4.90 Å². The van der Waals surface area contributed by atoms with Crippen LogP contribution in [0.15, 0.2) is 0 Å². The van der Waals surface area contributed by atoms with E-state index in [9.17, 15) is 18.0 Å². The first-order chi connectivity index (χ1) is 7.80. The minimum absolute atomic E-state index is 0.105. The Labute approximate surface area is 102 Å². The second-order valence-electron chi connectivity index (χ2n) is 3.59. The molecule has 17 heavy (non-hydrogen) atoms. The van der Waals surface area contributed by atoms with Crippen molar-refractivity contribution >= 4 is 21.7 Å². The maximum absolute atomic E-state index is 11.6. The highest BCUT2D eigenvalue weighted by molar-refractivity contribution is 7.90. The van der Waals surface area contributed by atoms with Crippen LogP contribution in [-0.4, -0.2) is 56.9 Å². The van der Waals surface area contributed by atoms with Crippen LogP contribution >= 0.6 is 0 Å². The largest absolute Gasteiger partial charge is 0.465 e. The van der Waals surface area contributed by atoms with Gasteiger partial charge in [-0.15, -0.1) is 0 Å². The lowest BCUT2D eigenvalue weighted by Gasteiger charge is -2.19. The summed E-state index contributed by atoms with van der Waals surface area (Å²) >= 11 is 0. The fourth-order valence-corrected chi connectivity index (χ4v) is 1.72. The van der Waals surface area contributed by atoms with Crippen molar-refractivity contribution < 1.29 is 22.7 Å². The first-order valence-corrected chi connectivity index (χ1v) is 7.47. The highest BCUT2D eigenvalue weighted by Crippen LogP contribution is 1.98. The van der Waals surface area contributed by atoms with E-state index in [1.807, 2.05) is 0 Å². The molecule has 0 saturated heterocycles. The Morgan fingerprint density at radius 1 is 1.24 bits per heavy atom. The van der Waals surface area contributed by atoms with Gasteiger partial charge in [0, 0.05) is 19.2 Å². The van der Waals surface area contributed by atoms with Gasteiger partial charge in [0.2, 0.25) is 5.91 Å². The SMILES string of the molecule is CCOC(=O)CN(CC)C(=O)CCS(C)(=O)=O. The summed E-state index contributed by atoms with van der Waals surface area (Å²) in [5.41, 5.74) is 0. The summed E-state index contributed by atoms with van der Waals surface area (Å²) in [6, 6.07) is 0. The normalized spacial score (nSPS) is 11.0. The molecule has 6 nitrogen and oxygen atoms in total. The summed E-state index contributed by atoms with van der Waals surface area (Å²) in [5.74, 6) is -1.04. The van der Waals surface area contributed by atoms with Gasteiger partial charge in [-0.05, 0) is 13.8 Å². The molecular formula is C10H19NO5S. The van der Waals surface area contributed by atoms with Crippen LogP contribution in [0.5, 0.6) is 0 Å². The minimum atomic E-state index is -3.16. The fraction of sp³-hybridized carbons (Fsp3) is 0.800. The standard InChI is InChI=1S/C10H19NO5S/c1-4-11(8-10(13)16-5-2)9(12)6-7-17(3,14)15/h4-8H2,1-3H3. The van der Waals surface area contributed by atoms with Crippen molar-refractivity contribution in [2.45, 2.75) is 20.3 Å². The molecule has 0 atom stereocenters. The second kappa shape index (κ2) is 7.26. The Morgan fingerprint density at radius 3 is 2.24 bits per heavy atom. The van der Waals surface area contributed by atoms with E-state index < -0.39 is 15.8 Å². The number of amides is 1. The zero-order valence-electron chi connectivity index (χ0n) is 10.4. The topological polar surface area (TPSA) is 80.8 Å². The predicted molar refractivity (Wildman–Crippen MR) is 63.2 cm³/mol. The van der Waals surface area contributed by atoms with Crippen LogP contribution in [0.4, 0.5) is 0 Å². The van der Waals surface area contributed by atoms with Crippen LogP contribution in [-0.2, 0) is 24.2 Å². The molecule has 0 N–H and O–H groups in total. The van der Waals surface area contributed by atoms with Gasteiger partial charge < -0.3 is 9.64 Å². The molecule has 0 aliphatic carbocycles. The van der Waals surface area contributed by atoms with E-state index in [1.165, 1.54) is 4.90 Å². The van der Waals surface area contributed by atoms with Gasteiger partial charge in [-0.1, -0.05) is 0 Å². The van der Waals surface area contributed by atoms with E-state index in [0.29, 0.717) is 6.54 Å². The van der Waals surface area contributed by atoms with Gasteiger partial charge in [-0.3, -0.25) is 9.59 Å². The number of esters is 1. The molecule has 0 aromatic heterocycles. The van der Waals surface area contributed by atoms with Gasteiger partial charge in [0.1, 0.15) is 16.4 Å². The molecule has 0 fully saturated rings. The highest BCUT2D eigenvalue weighted by atomic mass is 32.2. The van der Waals surface area contributed by atoms with Crippen molar-refractivity contribution in [1.29, 1.82) is 0 Å². The summed E-state index contributed by atoms with van der Waals surface area (Å²) in [5, 5.41) is 0. The molecular weight excluding hydrogens is 246 g/mol. The van der Waals surface area contributed by atoms with Gasteiger partial charge in [-0.2, -0.15) is 0 Å². The van der Waals surface area contributed by atoms with Crippen LogP contribution < -0.4 is 0 Å². The zero-order valence-corrected chi connectivity index (χ0v) is 11.2. The number of nitrogens with zero attached hydrogens (tertiary/aromatic N) is 1. The Morgan fingerprint density at radius 2 is 1.82 bits per heavy atom. The lowest BCUT2D eigenvalue weighted by Crippen LogP contribution is -2.37. The van der Waals surface area contributed by atoms with E-state index in [-0.39, 0.29) is 31.2 Å². The Balaban J connectivity index is 4.26. The summed E-state index contributed by atoms with van der Waals surface area (Å²) < 4.78 is 26.5. The summed E-state index contributed by atoms with van der Waals surface area (Å²) in [6.45, 7) is 3.87. The van der Waals surface area contributed by atoms with Crippen molar-refractivity contribution in [2.24, 2.45) is 0 Å². The molecule has 100 valence electrons. The van der Waals surface area contributed by atoms with E-state index in [1.54, 1.807) is 13.8 Å². The van der Waals surface area contributed by atoms with Gasteiger partial charge in [0.15, 0.2) is 0 Å². The van der Waals surface area contributed by atoms with E-state index in [0.717, 1.165) is 6.26 Å². The maximum Gasteiger partial charge on any atom is 0.325 e. The van der Waals surface area contributed by atoms with Gasteiger partial charge in [0.05, 0.1) is 12.4 Å². The molecule has 0 unspecified atom stereocenters. The Hall–Kier alpha value is -1.11. The first-order valence-electron chi connectivity index (χ1n) is 5.41.